The lowest BCUT2D eigenvalue weighted by Gasteiger charge is -2.60. The lowest BCUT2D eigenvalue weighted by atomic mass is 9.53. The highest BCUT2D eigenvalue weighted by Crippen LogP contribution is 2.52. The van der Waals surface area contributed by atoms with E-state index in [0.717, 1.165) is 25.2 Å². The van der Waals surface area contributed by atoms with E-state index in [2.05, 4.69) is 35.6 Å². The van der Waals surface area contributed by atoms with Crippen LogP contribution in [0.2, 0.25) is 0 Å². The van der Waals surface area contributed by atoms with Gasteiger partial charge in [-0.1, -0.05) is 20.8 Å². The van der Waals surface area contributed by atoms with Gasteiger partial charge in [0.05, 0.1) is 12.6 Å². The molecule has 4 nitrogen and oxygen atoms in total. The molecule has 1 aliphatic rings. The van der Waals surface area contributed by atoms with Crippen LogP contribution in [0.4, 0.5) is 0 Å². The van der Waals surface area contributed by atoms with Crippen LogP contribution in [0.1, 0.15) is 39.4 Å². The molecule has 0 saturated heterocycles. The van der Waals surface area contributed by atoms with Crippen molar-refractivity contribution in [3.05, 3.63) is 18.2 Å². The fraction of sp³-hybridized carbons (Fsp3) is 0.800. The Hall–Kier alpha value is -0.870. The number of nitrogens with one attached hydrogen (secondary N) is 1. The molecule has 1 aliphatic carbocycles. The largest absolute Gasteiger partial charge is 0.380 e. The zero-order chi connectivity index (χ0) is 14.0. The number of aromatic nitrogens is 2. The second-order valence-corrected chi connectivity index (χ2v) is 5.77. The molecule has 1 aromatic heterocycles. The van der Waals surface area contributed by atoms with Gasteiger partial charge in [0.15, 0.2) is 0 Å². The van der Waals surface area contributed by atoms with Crippen molar-refractivity contribution < 1.29 is 4.74 Å². The molecule has 4 heteroatoms. The summed E-state index contributed by atoms with van der Waals surface area (Å²) in [7, 11) is 3.88. The van der Waals surface area contributed by atoms with Crippen molar-refractivity contribution in [1.29, 1.82) is 0 Å². The minimum absolute atomic E-state index is 0.277. The fourth-order valence-corrected chi connectivity index (χ4v) is 3.98. The van der Waals surface area contributed by atoms with Crippen LogP contribution in [-0.4, -0.2) is 28.8 Å². The maximum absolute atomic E-state index is 5.73. The van der Waals surface area contributed by atoms with Gasteiger partial charge in [-0.05, 0) is 18.8 Å². The van der Waals surface area contributed by atoms with Crippen LogP contribution in [-0.2, 0) is 18.3 Å². The molecule has 19 heavy (non-hydrogen) atoms. The number of hydrogen-bond donors (Lipinski definition) is 1. The van der Waals surface area contributed by atoms with Crippen LogP contribution in [0.25, 0.3) is 0 Å². The Bertz CT molecular complexity index is 411. The molecular formula is C15H27N3O. The molecule has 0 radical (unpaired) electrons. The Morgan fingerprint density at radius 3 is 2.58 bits per heavy atom. The lowest BCUT2D eigenvalue weighted by Crippen LogP contribution is -2.69. The molecule has 0 amide bonds. The van der Waals surface area contributed by atoms with E-state index in [1.165, 1.54) is 0 Å². The van der Waals surface area contributed by atoms with Gasteiger partial charge in [0.1, 0.15) is 5.82 Å². The van der Waals surface area contributed by atoms with E-state index >= 15 is 0 Å². The molecule has 0 unspecified atom stereocenters. The minimum Gasteiger partial charge on any atom is -0.380 e. The van der Waals surface area contributed by atoms with Crippen molar-refractivity contribution in [3.63, 3.8) is 0 Å². The van der Waals surface area contributed by atoms with E-state index < -0.39 is 0 Å². The van der Waals surface area contributed by atoms with Gasteiger partial charge >= 0.3 is 0 Å². The monoisotopic (exact) mass is 265 g/mol. The van der Waals surface area contributed by atoms with Gasteiger partial charge in [0, 0.05) is 38.0 Å². The molecule has 0 aliphatic heterocycles. The highest BCUT2D eigenvalue weighted by molar-refractivity contribution is 5.11. The van der Waals surface area contributed by atoms with Gasteiger partial charge in [-0.3, -0.25) is 0 Å². The highest BCUT2D eigenvalue weighted by Gasteiger charge is 2.57. The molecule has 1 N–H and O–H groups in total. The van der Waals surface area contributed by atoms with Crippen LogP contribution in [0.15, 0.2) is 12.4 Å². The summed E-state index contributed by atoms with van der Waals surface area (Å²) in [5, 5.41) is 3.71. The summed E-state index contributed by atoms with van der Waals surface area (Å²) >= 11 is 0. The number of rotatable bonds is 6. The third kappa shape index (κ3) is 2.21. The number of aryl methyl sites for hydroxylation is 1. The molecule has 108 valence electrons. The number of nitrogens with zero attached hydrogens (tertiary/aromatic N) is 2. The first-order chi connectivity index (χ1) is 9.10. The van der Waals surface area contributed by atoms with Gasteiger partial charge in [-0.2, -0.15) is 0 Å². The van der Waals surface area contributed by atoms with E-state index in [0.29, 0.717) is 18.1 Å². The van der Waals surface area contributed by atoms with Crippen molar-refractivity contribution in [3.8, 4) is 0 Å². The maximum atomic E-state index is 5.73. The molecule has 0 aromatic carbocycles. The number of hydrogen-bond acceptors (Lipinski definition) is 3. The first-order valence-corrected chi connectivity index (χ1v) is 7.33. The van der Waals surface area contributed by atoms with E-state index in [1.54, 1.807) is 0 Å². The minimum atomic E-state index is 0.277. The van der Waals surface area contributed by atoms with Crippen molar-refractivity contribution in [1.82, 2.24) is 14.9 Å². The Kier molecular flexibility index (Phi) is 4.31. The van der Waals surface area contributed by atoms with Gasteiger partial charge in [-0.15, -0.1) is 0 Å². The quantitative estimate of drug-likeness (QED) is 0.858. The highest BCUT2D eigenvalue weighted by atomic mass is 16.5. The summed E-state index contributed by atoms with van der Waals surface area (Å²) in [4.78, 5) is 4.38. The van der Waals surface area contributed by atoms with Crippen LogP contribution >= 0.6 is 0 Å². The molecule has 0 spiro atoms. The van der Waals surface area contributed by atoms with Crippen molar-refractivity contribution in [2.24, 2.45) is 18.4 Å². The normalized spacial score (nSPS) is 29.2. The topological polar surface area (TPSA) is 39.1 Å². The smallest absolute Gasteiger partial charge is 0.122 e. The Labute approximate surface area is 116 Å². The van der Waals surface area contributed by atoms with E-state index in [4.69, 9.17) is 4.74 Å². The number of ether oxygens (including phenoxy) is 1. The Morgan fingerprint density at radius 1 is 1.42 bits per heavy atom. The first-order valence-electron chi connectivity index (χ1n) is 7.33. The average Bonchev–Trinajstić information content (AvgIpc) is 2.81. The van der Waals surface area contributed by atoms with E-state index in [9.17, 15) is 0 Å². The summed E-state index contributed by atoms with van der Waals surface area (Å²) in [6.07, 6.45) is 6.54. The van der Waals surface area contributed by atoms with E-state index in [-0.39, 0.29) is 5.41 Å². The van der Waals surface area contributed by atoms with Gasteiger partial charge in [0.2, 0.25) is 0 Å². The summed E-state index contributed by atoms with van der Waals surface area (Å²) < 4.78 is 7.80. The van der Waals surface area contributed by atoms with Crippen molar-refractivity contribution in [2.45, 2.75) is 52.3 Å². The van der Waals surface area contributed by atoms with Crippen molar-refractivity contribution in [2.75, 3.05) is 7.11 Å². The molecule has 1 fully saturated rings. The van der Waals surface area contributed by atoms with Crippen LogP contribution < -0.4 is 5.32 Å². The third-order valence-corrected chi connectivity index (χ3v) is 5.16. The van der Waals surface area contributed by atoms with Gasteiger partial charge in [-0.25, -0.2) is 4.98 Å². The molecule has 3 atom stereocenters. The zero-order valence-corrected chi connectivity index (χ0v) is 12.8. The predicted octanol–water partition coefficient (Wildman–Crippen LogP) is 2.35. The van der Waals surface area contributed by atoms with Crippen LogP contribution in [0.5, 0.6) is 0 Å². The third-order valence-electron chi connectivity index (χ3n) is 5.16. The molecular weight excluding hydrogens is 238 g/mol. The van der Waals surface area contributed by atoms with Gasteiger partial charge < -0.3 is 14.6 Å². The molecule has 1 heterocycles. The molecule has 2 rings (SSSR count). The summed E-state index contributed by atoms with van der Waals surface area (Å²) in [6.45, 7) is 7.66. The fourth-order valence-electron chi connectivity index (χ4n) is 3.98. The zero-order valence-electron chi connectivity index (χ0n) is 12.8. The van der Waals surface area contributed by atoms with E-state index in [1.807, 2.05) is 26.6 Å². The number of methoxy groups -OCH3 is 1. The summed E-state index contributed by atoms with van der Waals surface area (Å²) in [5.41, 5.74) is 0.277. The summed E-state index contributed by atoms with van der Waals surface area (Å²) in [6, 6.07) is 0.518. The standard InChI is InChI=1S/C15H27N3O/c1-6-15(7-2)13(11(3)14(15)19-5)17-10-12-16-8-9-18(12)4/h8-9,11,13-14,17H,6-7,10H2,1-5H3/t11-,13+,14-/m0/s1. The Morgan fingerprint density at radius 2 is 2.11 bits per heavy atom. The van der Waals surface area contributed by atoms with Gasteiger partial charge in [0.25, 0.3) is 0 Å². The van der Waals surface area contributed by atoms with Crippen molar-refractivity contribution >= 4 is 0 Å². The Balaban J connectivity index is 2.05. The lowest BCUT2D eigenvalue weighted by molar-refractivity contribution is -0.168. The molecule has 0 bridgehead atoms. The predicted molar refractivity (Wildman–Crippen MR) is 76.8 cm³/mol. The summed E-state index contributed by atoms with van der Waals surface area (Å²) in [5.74, 6) is 1.65. The SMILES string of the molecule is CCC1(CC)[C@H](NCc2nccn2C)[C@H](C)[C@@H]1OC. The second-order valence-electron chi connectivity index (χ2n) is 5.77. The molecule has 1 aromatic rings. The average molecular weight is 265 g/mol. The number of imidazole rings is 1. The second kappa shape index (κ2) is 5.63. The van der Waals surface area contributed by atoms with Crippen LogP contribution in [0, 0.1) is 11.3 Å². The maximum Gasteiger partial charge on any atom is 0.122 e. The molecule has 1 saturated carbocycles. The van der Waals surface area contributed by atoms with Crippen LogP contribution in [0.3, 0.4) is 0 Å². The first kappa shape index (κ1) is 14.5.